The number of hydrogen-bond acceptors (Lipinski definition) is 6. The number of alkyl halides is 6. The summed E-state index contributed by atoms with van der Waals surface area (Å²) in [6.07, 6.45) is -9.93. The third-order valence-electron chi connectivity index (χ3n) is 5.43. The molecule has 3 rings (SSSR count). The fraction of sp³-hybridized carbons (Fsp3) is 0.381. The highest BCUT2D eigenvalue weighted by atomic mass is 19.4. The van der Waals surface area contributed by atoms with E-state index in [1.54, 1.807) is 4.90 Å². The Bertz CT molecular complexity index is 1100. The molecule has 35 heavy (non-hydrogen) atoms. The van der Waals surface area contributed by atoms with Crippen LogP contribution in [0.25, 0.3) is 0 Å². The van der Waals surface area contributed by atoms with Crippen molar-refractivity contribution in [1.82, 2.24) is 0 Å². The molecule has 0 saturated carbocycles. The van der Waals surface area contributed by atoms with Gasteiger partial charge in [-0.2, -0.15) is 26.3 Å². The summed E-state index contributed by atoms with van der Waals surface area (Å²) in [5.41, 5.74) is -3.22. The minimum absolute atomic E-state index is 0.0943. The van der Waals surface area contributed by atoms with Crippen molar-refractivity contribution in [1.29, 1.82) is 0 Å². The summed E-state index contributed by atoms with van der Waals surface area (Å²) in [6, 6.07) is 6.04. The normalized spacial score (nSPS) is 14.7. The van der Waals surface area contributed by atoms with Crippen molar-refractivity contribution >= 4 is 28.7 Å². The highest BCUT2D eigenvalue weighted by Crippen LogP contribution is 2.42. The minimum atomic E-state index is -4.93. The number of rotatable bonds is 7. The van der Waals surface area contributed by atoms with Gasteiger partial charge in [-0.1, -0.05) is 6.07 Å². The first kappa shape index (κ1) is 25.9. The first-order valence-electron chi connectivity index (χ1n) is 10.3. The summed E-state index contributed by atoms with van der Waals surface area (Å²) in [6.45, 7) is 0.190. The molecule has 2 aromatic rings. The third-order valence-corrected chi connectivity index (χ3v) is 5.43. The number of carboxylic acids is 1. The van der Waals surface area contributed by atoms with Gasteiger partial charge in [0, 0.05) is 50.2 Å². The van der Waals surface area contributed by atoms with E-state index in [4.69, 9.17) is 5.11 Å². The molecule has 0 atom stereocenters. The molecule has 0 aliphatic carbocycles. The number of nitro benzene ring substituents is 1. The van der Waals surface area contributed by atoms with Gasteiger partial charge in [0.05, 0.1) is 22.5 Å². The van der Waals surface area contributed by atoms with E-state index < -0.39 is 52.2 Å². The molecule has 0 bridgehead atoms. The SMILES string of the molecule is O=C(O)CCNc1cc(N2CCN(c3cccc(C(F)(F)F)c3)CC2)c([N+](=O)[O-])cc1C(F)(F)F. The fourth-order valence-corrected chi connectivity index (χ4v) is 3.75. The Hall–Kier alpha value is -3.71. The lowest BCUT2D eigenvalue weighted by molar-refractivity contribution is -0.384. The van der Waals surface area contributed by atoms with Crippen molar-refractivity contribution in [2.75, 3.05) is 47.8 Å². The maximum atomic E-state index is 13.5. The van der Waals surface area contributed by atoms with Crippen LogP contribution < -0.4 is 15.1 Å². The summed E-state index contributed by atoms with van der Waals surface area (Å²) >= 11 is 0. The molecule has 0 aromatic heterocycles. The van der Waals surface area contributed by atoms with E-state index in [2.05, 4.69) is 5.32 Å². The third kappa shape index (κ3) is 6.25. The van der Waals surface area contributed by atoms with Crippen LogP contribution in [0.5, 0.6) is 0 Å². The fourth-order valence-electron chi connectivity index (χ4n) is 3.75. The molecule has 2 N–H and O–H groups in total. The van der Waals surface area contributed by atoms with E-state index in [1.807, 2.05) is 0 Å². The van der Waals surface area contributed by atoms with Crippen molar-refractivity contribution < 1.29 is 41.2 Å². The molecule has 1 saturated heterocycles. The lowest BCUT2D eigenvalue weighted by atomic mass is 10.1. The average molecular weight is 506 g/mol. The highest BCUT2D eigenvalue weighted by Gasteiger charge is 2.38. The molecular weight excluding hydrogens is 486 g/mol. The number of hydrogen-bond donors (Lipinski definition) is 2. The highest BCUT2D eigenvalue weighted by molar-refractivity contribution is 5.74. The Morgan fingerprint density at radius 3 is 2.17 bits per heavy atom. The summed E-state index contributed by atoms with van der Waals surface area (Å²) in [4.78, 5) is 24.5. The van der Waals surface area contributed by atoms with Crippen LogP contribution in [0.4, 0.5) is 49.1 Å². The average Bonchev–Trinajstić information content (AvgIpc) is 2.77. The second-order valence-electron chi connectivity index (χ2n) is 7.73. The molecule has 14 heteroatoms. The number of benzene rings is 2. The zero-order valence-corrected chi connectivity index (χ0v) is 18.0. The molecule has 1 fully saturated rings. The quantitative estimate of drug-likeness (QED) is 0.315. The molecule has 0 radical (unpaired) electrons. The molecule has 0 spiro atoms. The van der Waals surface area contributed by atoms with E-state index in [0.717, 1.165) is 18.2 Å². The second kappa shape index (κ2) is 9.88. The van der Waals surface area contributed by atoms with Crippen molar-refractivity contribution in [3.8, 4) is 0 Å². The topological polar surface area (TPSA) is 99.0 Å². The predicted molar refractivity (Wildman–Crippen MR) is 115 cm³/mol. The van der Waals surface area contributed by atoms with E-state index in [9.17, 15) is 41.3 Å². The van der Waals surface area contributed by atoms with Crippen molar-refractivity contribution in [2.24, 2.45) is 0 Å². The Kier molecular flexibility index (Phi) is 7.31. The summed E-state index contributed by atoms with van der Waals surface area (Å²) in [7, 11) is 0. The van der Waals surface area contributed by atoms with Crippen molar-refractivity contribution in [2.45, 2.75) is 18.8 Å². The first-order valence-corrected chi connectivity index (χ1v) is 10.3. The number of aliphatic carboxylic acids is 1. The number of nitrogens with one attached hydrogen (secondary N) is 1. The molecular formula is C21H20F6N4O4. The van der Waals surface area contributed by atoms with Crippen molar-refractivity contribution in [3.63, 3.8) is 0 Å². The molecule has 0 unspecified atom stereocenters. The smallest absolute Gasteiger partial charge is 0.418 e. The number of carboxylic acid groups (broad SMARTS) is 1. The molecule has 0 amide bonds. The number of anilines is 3. The van der Waals surface area contributed by atoms with Gasteiger partial charge in [-0.15, -0.1) is 0 Å². The standard InChI is InChI=1S/C21H20F6N4O4/c22-20(23,24)13-2-1-3-14(10-13)29-6-8-30(9-7-29)17-12-16(28-5-4-19(32)33)15(21(25,26)27)11-18(17)31(34)35/h1-3,10-12,28H,4-9H2,(H,32,33). The maximum absolute atomic E-state index is 13.5. The van der Waals surface area contributed by atoms with E-state index in [-0.39, 0.29) is 38.4 Å². The number of carbonyl (C=O) groups is 1. The van der Waals surface area contributed by atoms with Crippen LogP contribution >= 0.6 is 0 Å². The van der Waals surface area contributed by atoms with Crippen LogP contribution in [0.1, 0.15) is 17.5 Å². The largest absolute Gasteiger partial charge is 0.481 e. The first-order chi connectivity index (χ1) is 16.3. The van der Waals surface area contributed by atoms with Gasteiger partial charge in [-0.05, 0) is 24.3 Å². The van der Waals surface area contributed by atoms with Crippen LogP contribution in [-0.2, 0) is 17.1 Å². The number of nitro groups is 1. The summed E-state index contributed by atoms with van der Waals surface area (Å²) in [5.74, 6) is -1.24. The van der Waals surface area contributed by atoms with E-state index in [1.165, 1.54) is 17.0 Å². The van der Waals surface area contributed by atoms with Crippen LogP contribution in [-0.4, -0.2) is 48.7 Å². The number of nitrogens with zero attached hydrogens (tertiary/aromatic N) is 3. The molecule has 1 aliphatic heterocycles. The van der Waals surface area contributed by atoms with Gasteiger partial charge in [0.25, 0.3) is 5.69 Å². The lowest BCUT2D eigenvalue weighted by Gasteiger charge is -2.37. The second-order valence-corrected chi connectivity index (χ2v) is 7.73. The Morgan fingerprint density at radius 2 is 1.63 bits per heavy atom. The molecule has 8 nitrogen and oxygen atoms in total. The predicted octanol–water partition coefficient (Wildman–Crippen LogP) is 4.85. The van der Waals surface area contributed by atoms with Gasteiger partial charge in [0.15, 0.2) is 0 Å². The summed E-state index contributed by atoms with van der Waals surface area (Å²) in [5, 5.41) is 22.7. The number of halogens is 6. The zero-order valence-electron chi connectivity index (χ0n) is 18.0. The van der Waals surface area contributed by atoms with Crippen molar-refractivity contribution in [3.05, 3.63) is 57.6 Å². The van der Waals surface area contributed by atoms with Gasteiger partial charge in [-0.3, -0.25) is 14.9 Å². The zero-order chi connectivity index (χ0) is 26.0. The lowest BCUT2D eigenvalue weighted by Crippen LogP contribution is -2.46. The van der Waals surface area contributed by atoms with E-state index >= 15 is 0 Å². The Morgan fingerprint density at radius 1 is 1.00 bits per heavy atom. The van der Waals surface area contributed by atoms with Gasteiger partial charge >= 0.3 is 18.3 Å². The Labute approximate surface area is 194 Å². The summed E-state index contributed by atoms with van der Waals surface area (Å²) < 4.78 is 79.6. The molecule has 2 aromatic carbocycles. The molecule has 1 heterocycles. The van der Waals surface area contributed by atoms with Crippen LogP contribution in [0.15, 0.2) is 36.4 Å². The Balaban J connectivity index is 1.87. The van der Waals surface area contributed by atoms with Gasteiger partial charge < -0.3 is 20.2 Å². The monoisotopic (exact) mass is 506 g/mol. The number of piperazine rings is 1. The van der Waals surface area contributed by atoms with Crippen LogP contribution in [0, 0.1) is 10.1 Å². The maximum Gasteiger partial charge on any atom is 0.418 e. The molecule has 190 valence electrons. The van der Waals surface area contributed by atoms with Gasteiger partial charge in [0.1, 0.15) is 5.69 Å². The van der Waals surface area contributed by atoms with Crippen LogP contribution in [0.2, 0.25) is 0 Å². The minimum Gasteiger partial charge on any atom is -0.481 e. The molecule has 1 aliphatic rings. The van der Waals surface area contributed by atoms with Gasteiger partial charge in [-0.25, -0.2) is 0 Å². The van der Waals surface area contributed by atoms with Gasteiger partial charge in [0.2, 0.25) is 0 Å². The van der Waals surface area contributed by atoms with E-state index in [0.29, 0.717) is 11.8 Å². The van der Waals surface area contributed by atoms with Crippen LogP contribution in [0.3, 0.4) is 0 Å².